The quantitative estimate of drug-likeness (QED) is 0.558. The van der Waals surface area contributed by atoms with Gasteiger partial charge in [-0.25, -0.2) is 0 Å². The number of ether oxygens (including phenoxy) is 1. The fourth-order valence-corrected chi connectivity index (χ4v) is 2.58. The number of rotatable bonds is 10. The van der Waals surface area contributed by atoms with Gasteiger partial charge in [-0.3, -0.25) is 4.79 Å². The second-order valence-corrected chi connectivity index (χ2v) is 5.77. The van der Waals surface area contributed by atoms with Crippen LogP contribution < -0.4 is 10.2 Å². The Bertz CT molecular complexity index is 615. The van der Waals surface area contributed by atoms with E-state index in [9.17, 15) is 4.79 Å². The predicted octanol–water partition coefficient (Wildman–Crippen LogP) is 5.31. The van der Waals surface area contributed by atoms with Crippen LogP contribution in [0.4, 0.5) is 0 Å². The van der Waals surface area contributed by atoms with Gasteiger partial charge in [0.05, 0.1) is 18.3 Å². The topological polar surface area (TPSA) is 39.4 Å². The average Bonchev–Trinajstić information content (AvgIpc) is 2.53. The van der Waals surface area contributed by atoms with Crippen LogP contribution in [0.5, 0.6) is 5.75 Å². The van der Waals surface area contributed by atoms with E-state index in [1.165, 1.54) is 57.3 Å². The van der Waals surface area contributed by atoms with Gasteiger partial charge in [-0.2, -0.15) is 0 Å². The molecule has 2 aromatic rings. The van der Waals surface area contributed by atoms with Crippen molar-refractivity contribution in [2.45, 2.75) is 58.3 Å². The molecule has 0 aliphatic carbocycles. The predicted molar refractivity (Wildman–Crippen MR) is 90.6 cm³/mol. The smallest absolute Gasteiger partial charge is 0.192 e. The summed E-state index contributed by atoms with van der Waals surface area (Å²) >= 11 is 0. The molecule has 3 nitrogen and oxygen atoms in total. The van der Waals surface area contributed by atoms with Crippen LogP contribution in [-0.2, 0) is 0 Å². The Morgan fingerprint density at radius 1 is 0.955 bits per heavy atom. The van der Waals surface area contributed by atoms with Crippen molar-refractivity contribution in [1.29, 1.82) is 0 Å². The Balaban J connectivity index is 1.66. The first kappa shape index (κ1) is 16.6. The monoisotopic (exact) mass is 302 g/mol. The molecule has 0 aliphatic rings. The summed E-state index contributed by atoms with van der Waals surface area (Å²) in [7, 11) is 0. The van der Waals surface area contributed by atoms with Crippen LogP contribution in [0.3, 0.4) is 0 Å². The third kappa shape index (κ3) is 5.21. The van der Waals surface area contributed by atoms with Crippen LogP contribution in [0.25, 0.3) is 11.0 Å². The van der Waals surface area contributed by atoms with Crippen molar-refractivity contribution in [3.8, 4) is 5.75 Å². The third-order valence-corrected chi connectivity index (χ3v) is 3.90. The van der Waals surface area contributed by atoms with Gasteiger partial charge in [-0.05, 0) is 18.6 Å². The molecule has 0 radical (unpaired) electrons. The van der Waals surface area contributed by atoms with E-state index in [1.54, 1.807) is 12.1 Å². The van der Waals surface area contributed by atoms with Crippen molar-refractivity contribution < 1.29 is 9.15 Å². The zero-order valence-corrected chi connectivity index (χ0v) is 13.5. The van der Waals surface area contributed by atoms with Crippen molar-refractivity contribution in [2.24, 2.45) is 0 Å². The molecule has 0 bridgehead atoms. The summed E-state index contributed by atoms with van der Waals surface area (Å²) < 4.78 is 11.1. The first-order valence-corrected chi connectivity index (χ1v) is 8.45. The number of hydrogen-bond donors (Lipinski definition) is 0. The van der Waals surface area contributed by atoms with E-state index in [4.69, 9.17) is 9.15 Å². The van der Waals surface area contributed by atoms with Crippen LogP contribution in [0.2, 0.25) is 0 Å². The SMILES string of the molecule is CCCCCCCCCCOc1ccc2c(=O)ccoc2c1. The molecule has 1 heterocycles. The molecule has 3 heteroatoms. The zero-order valence-electron chi connectivity index (χ0n) is 13.5. The summed E-state index contributed by atoms with van der Waals surface area (Å²) in [6, 6.07) is 6.83. The van der Waals surface area contributed by atoms with Gasteiger partial charge in [-0.1, -0.05) is 51.9 Å². The van der Waals surface area contributed by atoms with Crippen LogP contribution in [0.15, 0.2) is 39.7 Å². The normalized spacial score (nSPS) is 11.0. The second kappa shape index (κ2) is 9.29. The standard InChI is InChI=1S/C19H26O3/c1-2-3-4-5-6-7-8-9-13-21-16-10-11-17-18(20)12-14-22-19(17)15-16/h10-12,14-15H,2-9,13H2,1H3. The number of benzene rings is 1. The van der Waals surface area contributed by atoms with Crippen molar-refractivity contribution in [2.75, 3.05) is 6.61 Å². The maximum absolute atomic E-state index is 11.6. The van der Waals surface area contributed by atoms with E-state index < -0.39 is 0 Å². The maximum Gasteiger partial charge on any atom is 0.192 e. The highest BCUT2D eigenvalue weighted by Crippen LogP contribution is 2.18. The van der Waals surface area contributed by atoms with Gasteiger partial charge in [0.25, 0.3) is 0 Å². The number of fused-ring (bicyclic) bond motifs is 1. The van der Waals surface area contributed by atoms with Gasteiger partial charge < -0.3 is 9.15 Å². The first-order chi connectivity index (χ1) is 10.8. The van der Waals surface area contributed by atoms with Gasteiger partial charge in [0.2, 0.25) is 0 Å². The summed E-state index contributed by atoms with van der Waals surface area (Å²) in [6.45, 7) is 2.97. The summed E-state index contributed by atoms with van der Waals surface area (Å²) in [5.74, 6) is 0.768. The lowest BCUT2D eigenvalue weighted by atomic mass is 10.1. The molecule has 0 unspecified atom stereocenters. The first-order valence-electron chi connectivity index (χ1n) is 8.45. The molecule has 0 amide bonds. The maximum atomic E-state index is 11.6. The van der Waals surface area contributed by atoms with Crippen molar-refractivity contribution in [1.82, 2.24) is 0 Å². The highest BCUT2D eigenvalue weighted by Gasteiger charge is 2.02. The molecule has 2 rings (SSSR count). The zero-order chi connectivity index (χ0) is 15.6. The van der Waals surface area contributed by atoms with E-state index >= 15 is 0 Å². The van der Waals surface area contributed by atoms with Crippen molar-refractivity contribution >= 4 is 11.0 Å². The largest absolute Gasteiger partial charge is 0.493 e. The van der Waals surface area contributed by atoms with Crippen LogP contribution in [0.1, 0.15) is 58.3 Å². The molecule has 0 atom stereocenters. The average molecular weight is 302 g/mol. The van der Waals surface area contributed by atoms with E-state index in [1.807, 2.05) is 6.07 Å². The molecule has 0 saturated carbocycles. The van der Waals surface area contributed by atoms with E-state index in [2.05, 4.69) is 6.92 Å². The molecule has 22 heavy (non-hydrogen) atoms. The number of unbranched alkanes of at least 4 members (excludes halogenated alkanes) is 7. The Morgan fingerprint density at radius 3 is 2.45 bits per heavy atom. The molecule has 0 N–H and O–H groups in total. The van der Waals surface area contributed by atoms with Crippen LogP contribution in [0, 0.1) is 0 Å². The van der Waals surface area contributed by atoms with E-state index in [0.717, 1.165) is 18.8 Å². The Hall–Kier alpha value is -1.77. The van der Waals surface area contributed by atoms with Crippen LogP contribution >= 0.6 is 0 Å². The molecule has 120 valence electrons. The van der Waals surface area contributed by atoms with E-state index in [0.29, 0.717) is 11.0 Å². The van der Waals surface area contributed by atoms with Crippen molar-refractivity contribution in [3.63, 3.8) is 0 Å². The minimum Gasteiger partial charge on any atom is -0.493 e. The third-order valence-electron chi connectivity index (χ3n) is 3.90. The molecule has 0 aliphatic heterocycles. The fourth-order valence-electron chi connectivity index (χ4n) is 2.58. The molecule has 1 aromatic carbocycles. The van der Waals surface area contributed by atoms with Crippen molar-refractivity contribution in [3.05, 3.63) is 40.8 Å². The van der Waals surface area contributed by atoms with E-state index in [-0.39, 0.29) is 5.43 Å². The van der Waals surface area contributed by atoms with Gasteiger partial charge in [0.1, 0.15) is 11.3 Å². The Morgan fingerprint density at radius 2 is 1.68 bits per heavy atom. The Labute approximate surface area is 132 Å². The molecule has 1 aromatic heterocycles. The molecular formula is C19H26O3. The number of hydrogen-bond acceptors (Lipinski definition) is 3. The van der Waals surface area contributed by atoms with Gasteiger partial charge in [0.15, 0.2) is 5.43 Å². The second-order valence-electron chi connectivity index (χ2n) is 5.77. The van der Waals surface area contributed by atoms with Gasteiger partial charge in [-0.15, -0.1) is 0 Å². The van der Waals surface area contributed by atoms with Gasteiger partial charge in [0, 0.05) is 12.1 Å². The van der Waals surface area contributed by atoms with Gasteiger partial charge >= 0.3 is 0 Å². The minimum atomic E-state index is -0.0177. The summed E-state index contributed by atoms with van der Waals surface area (Å²) in [6.07, 6.45) is 11.7. The molecule has 0 saturated heterocycles. The highest BCUT2D eigenvalue weighted by molar-refractivity contribution is 5.77. The highest BCUT2D eigenvalue weighted by atomic mass is 16.5. The lowest BCUT2D eigenvalue weighted by Gasteiger charge is -2.06. The summed E-state index contributed by atoms with van der Waals surface area (Å²) in [5.41, 5.74) is 0.566. The summed E-state index contributed by atoms with van der Waals surface area (Å²) in [5, 5.41) is 0.599. The lowest BCUT2D eigenvalue weighted by Crippen LogP contribution is -2.00. The molecular weight excluding hydrogens is 276 g/mol. The minimum absolute atomic E-state index is 0.0177. The Kier molecular flexibility index (Phi) is 7.01. The lowest BCUT2D eigenvalue weighted by molar-refractivity contribution is 0.304. The summed E-state index contributed by atoms with van der Waals surface area (Å²) in [4.78, 5) is 11.6. The van der Waals surface area contributed by atoms with Crippen LogP contribution in [-0.4, -0.2) is 6.61 Å². The fraction of sp³-hybridized carbons (Fsp3) is 0.526. The molecule has 0 spiro atoms. The molecule has 0 fully saturated rings.